The normalized spacial score (nSPS) is 29.9. The summed E-state index contributed by atoms with van der Waals surface area (Å²) in [5.41, 5.74) is 2.57. The molecule has 0 radical (unpaired) electrons. The van der Waals surface area contributed by atoms with Gasteiger partial charge in [0.2, 0.25) is 11.8 Å². The van der Waals surface area contributed by atoms with Crippen molar-refractivity contribution < 1.29 is 14.7 Å². The Kier molecular flexibility index (Phi) is 5.17. The fraction of sp³-hybridized carbons (Fsp3) is 0.583. The van der Waals surface area contributed by atoms with Crippen molar-refractivity contribution in [3.8, 4) is 6.07 Å². The Balaban J connectivity index is 1.25. The zero-order valence-corrected chi connectivity index (χ0v) is 18.3. The molecule has 0 spiro atoms. The molecule has 0 saturated carbocycles. The predicted molar refractivity (Wildman–Crippen MR) is 114 cm³/mol. The van der Waals surface area contributed by atoms with Crippen LogP contribution in [-0.2, 0) is 16.0 Å². The minimum Gasteiger partial charge on any atom is -0.859 e. The van der Waals surface area contributed by atoms with E-state index in [4.69, 9.17) is 5.41 Å². The number of nitriles is 1. The second kappa shape index (κ2) is 7.89. The van der Waals surface area contributed by atoms with Gasteiger partial charge in [-0.2, -0.15) is 5.26 Å². The molecule has 32 heavy (non-hydrogen) atoms. The zero-order valence-electron chi connectivity index (χ0n) is 18.3. The van der Waals surface area contributed by atoms with Crippen LogP contribution in [0.5, 0.6) is 0 Å². The molecule has 4 aliphatic rings. The average molecular weight is 435 g/mol. The van der Waals surface area contributed by atoms with E-state index in [9.17, 15) is 20.0 Å². The Bertz CT molecular complexity index is 1020. The van der Waals surface area contributed by atoms with Crippen LogP contribution in [0.2, 0.25) is 0 Å². The lowest BCUT2D eigenvalue weighted by Gasteiger charge is -2.38. The zero-order chi connectivity index (χ0) is 22.6. The molecular weight excluding hydrogens is 406 g/mol. The summed E-state index contributed by atoms with van der Waals surface area (Å²) in [5, 5.41) is 28.0. The van der Waals surface area contributed by atoms with E-state index in [2.05, 4.69) is 11.0 Å². The van der Waals surface area contributed by atoms with E-state index in [1.165, 1.54) is 0 Å². The lowest BCUT2D eigenvalue weighted by molar-refractivity contribution is -0.214. The number of likely N-dealkylation sites (tertiary alicyclic amines) is 3. The monoisotopic (exact) mass is 434 g/mol. The van der Waals surface area contributed by atoms with Crippen LogP contribution in [0, 0.1) is 22.7 Å². The van der Waals surface area contributed by atoms with Crippen molar-refractivity contribution >= 4 is 17.7 Å². The summed E-state index contributed by atoms with van der Waals surface area (Å²) < 4.78 is 0. The largest absolute Gasteiger partial charge is 0.859 e. The van der Waals surface area contributed by atoms with Gasteiger partial charge in [0.1, 0.15) is 6.04 Å². The number of hydrogen-bond acceptors (Lipinski definition) is 6. The quantitative estimate of drug-likeness (QED) is 0.544. The van der Waals surface area contributed by atoms with Crippen LogP contribution in [0.15, 0.2) is 18.2 Å². The number of aryl methyl sites for hydroxylation is 1. The molecule has 1 N–H and O–H groups in total. The third kappa shape index (κ3) is 3.27. The number of amides is 2. The fourth-order valence-corrected chi connectivity index (χ4v) is 6.20. The van der Waals surface area contributed by atoms with E-state index in [1.807, 2.05) is 17.9 Å². The second-order valence-electron chi connectivity index (χ2n) is 9.62. The molecular formula is C24H28N5O3-. The third-order valence-corrected chi connectivity index (χ3v) is 7.72. The summed E-state index contributed by atoms with van der Waals surface area (Å²) >= 11 is 0. The maximum absolute atomic E-state index is 13.3. The van der Waals surface area contributed by atoms with Crippen molar-refractivity contribution in [2.24, 2.45) is 5.92 Å². The Morgan fingerprint density at radius 2 is 2.16 bits per heavy atom. The minimum absolute atomic E-state index is 0.0191. The lowest BCUT2D eigenvalue weighted by Crippen LogP contribution is -2.53. The number of benzene rings is 1. The fourth-order valence-electron chi connectivity index (χ4n) is 6.20. The molecule has 3 fully saturated rings. The highest BCUT2D eigenvalue weighted by Gasteiger charge is 2.53. The first-order valence-corrected chi connectivity index (χ1v) is 11.5. The lowest BCUT2D eigenvalue weighted by atomic mass is 10.0. The van der Waals surface area contributed by atoms with E-state index in [-0.39, 0.29) is 41.9 Å². The molecule has 2 bridgehead atoms. The van der Waals surface area contributed by atoms with Crippen molar-refractivity contribution in [3.63, 3.8) is 0 Å². The SMILES string of the molecule is C[C@@H](CN1CC2C[C@H]1C(=O)N2C1CCc2cc(C(=N)[O-])ccc21)C(=O)N1CCC[C@H]1C#N. The van der Waals surface area contributed by atoms with Gasteiger partial charge >= 0.3 is 0 Å². The van der Waals surface area contributed by atoms with Crippen LogP contribution in [0.4, 0.5) is 0 Å². The Morgan fingerprint density at radius 1 is 1.34 bits per heavy atom. The summed E-state index contributed by atoms with van der Waals surface area (Å²) in [6.45, 7) is 3.87. The van der Waals surface area contributed by atoms with Crippen LogP contribution in [0.3, 0.4) is 0 Å². The molecule has 2 unspecified atom stereocenters. The number of hydrogen-bond donors (Lipinski definition) is 1. The molecule has 2 amide bonds. The Labute approximate surface area is 187 Å². The summed E-state index contributed by atoms with van der Waals surface area (Å²) in [7, 11) is 0. The Morgan fingerprint density at radius 3 is 2.88 bits per heavy atom. The van der Waals surface area contributed by atoms with Crippen LogP contribution in [0.25, 0.3) is 0 Å². The maximum Gasteiger partial charge on any atom is 0.240 e. The van der Waals surface area contributed by atoms with Gasteiger partial charge in [-0.1, -0.05) is 25.1 Å². The first kappa shape index (κ1) is 21.0. The van der Waals surface area contributed by atoms with E-state index >= 15 is 0 Å². The van der Waals surface area contributed by atoms with Gasteiger partial charge in [-0.15, -0.1) is 0 Å². The molecule has 5 rings (SSSR count). The first-order valence-electron chi connectivity index (χ1n) is 11.5. The van der Waals surface area contributed by atoms with E-state index in [0.717, 1.165) is 49.8 Å². The molecule has 1 aromatic rings. The molecule has 0 aromatic heterocycles. The van der Waals surface area contributed by atoms with Gasteiger partial charge in [0.25, 0.3) is 0 Å². The number of carbonyl (C=O) groups is 2. The van der Waals surface area contributed by atoms with Crippen molar-refractivity contribution in [2.45, 2.75) is 63.2 Å². The van der Waals surface area contributed by atoms with E-state index in [0.29, 0.717) is 18.7 Å². The highest BCUT2D eigenvalue weighted by Crippen LogP contribution is 2.44. The Hall–Kier alpha value is -2.92. The molecule has 3 aliphatic heterocycles. The first-order chi connectivity index (χ1) is 15.4. The molecule has 8 heteroatoms. The van der Waals surface area contributed by atoms with Gasteiger partial charge in [0.15, 0.2) is 0 Å². The number of carbonyl (C=O) groups excluding carboxylic acids is 2. The molecule has 8 nitrogen and oxygen atoms in total. The van der Waals surface area contributed by atoms with Gasteiger partial charge < -0.3 is 20.3 Å². The molecule has 168 valence electrons. The number of fused-ring (bicyclic) bond motifs is 3. The van der Waals surface area contributed by atoms with Crippen molar-refractivity contribution in [1.29, 1.82) is 10.7 Å². The highest BCUT2D eigenvalue weighted by atomic mass is 16.3. The summed E-state index contributed by atoms with van der Waals surface area (Å²) in [6, 6.07) is 7.31. The molecule has 1 aliphatic carbocycles. The molecule has 1 aromatic carbocycles. The molecule has 3 saturated heterocycles. The van der Waals surface area contributed by atoms with Gasteiger partial charge in [0.05, 0.1) is 18.2 Å². The van der Waals surface area contributed by atoms with Gasteiger partial charge in [-0.05, 0) is 54.7 Å². The average Bonchev–Trinajstić information content (AvgIpc) is 3.55. The van der Waals surface area contributed by atoms with Gasteiger partial charge in [0, 0.05) is 31.6 Å². The number of rotatable bonds is 5. The number of nitrogens with one attached hydrogen (secondary N) is 1. The van der Waals surface area contributed by atoms with Gasteiger partial charge in [-0.3, -0.25) is 14.5 Å². The molecule has 3 heterocycles. The van der Waals surface area contributed by atoms with Crippen molar-refractivity contribution in [2.75, 3.05) is 19.6 Å². The van der Waals surface area contributed by atoms with E-state index in [1.54, 1.807) is 17.0 Å². The van der Waals surface area contributed by atoms with Crippen LogP contribution < -0.4 is 5.11 Å². The van der Waals surface area contributed by atoms with Crippen LogP contribution in [-0.4, -0.2) is 70.2 Å². The third-order valence-electron chi connectivity index (χ3n) is 7.72. The smallest absolute Gasteiger partial charge is 0.240 e. The predicted octanol–water partition coefficient (Wildman–Crippen LogP) is 0.795. The number of nitrogens with zero attached hydrogens (tertiary/aromatic N) is 4. The topological polar surface area (TPSA) is 115 Å². The number of piperazine rings is 1. The summed E-state index contributed by atoms with van der Waals surface area (Å²) in [6.07, 6.45) is 4.07. The van der Waals surface area contributed by atoms with Crippen molar-refractivity contribution in [1.82, 2.24) is 14.7 Å². The van der Waals surface area contributed by atoms with E-state index < -0.39 is 5.90 Å². The molecule has 5 atom stereocenters. The summed E-state index contributed by atoms with van der Waals surface area (Å²) in [5.74, 6) is -0.763. The van der Waals surface area contributed by atoms with Crippen LogP contribution >= 0.6 is 0 Å². The standard InChI is InChI=1S/C24H29N5O3/c1-14(23(31)28-8-2-3-17(28)11-25)12-27-13-18-10-21(27)24(32)29(18)20-7-5-15-9-16(22(26)30)4-6-19(15)20/h4,6,9,14,17-18,20-21H,2-3,5,7-8,10,12-13H2,1H3,(H2,26,30)/p-1/t14-,17-,18?,20?,21-/m0/s1. The second-order valence-corrected chi connectivity index (χ2v) is 9.62. The van der Waals surface area contributed by atoms with Gasteiger partial charge in [-0.25, -0.2) is 0 Å². The van der Waals surface area contributed by atoms with Crippen molar-refractivity contribution in [3.05, 3.63) is 34.9 Å². The highest BCUT2D eigenvalue weighted by molar-refractivity contribution is 5.89. The van der Waals surface area contributed by atoms with Crippen LogP contribution in [0.1, 0.15) is 55.3 Å². The minimum atomic E-state index is -0.679. The maximum atomic E-state index is 13.3. The summed E-state index contributed by atoms with van der Waals surface area (Å²) in [4.78, 5) is 32.1.